The van der Waals surface area contributed by atoms with E-state index in [-0.39, 0.29) is 55.1 Å². The number of nitrogens with one attached hydrogen (secondary N) is 1. The van der Waals surface area contributed by atoms with Crippen LogP contribution in [0.25, 0.3) is 22.3 Å². The lowest BCUT2D eigenvalue weighted by Gasteiger charge is -2.30. The number of rotatable bonds is 11. The fourth-order valence-corrected chi connectivity index (χ4v) is 12.6. The molecule has 8 rings (SSSR count). The van der Waals surface area contributed by atoms with Crippen molar-refractivity contribution >= 4 is 46.4 Å². The molecule has 1 amide bonds. The summed E-state index contributed by atoms with van der Waals surface area (Å²) in [5.74, 6) is 0.466. The number of Topliss-reactive ketones (excluding diaryl/α,β-unsaturated/α-hetero) is 1. The normalized spacial score (nSPS) is 24.9. The maximum absolute atomic E-state index is 15.1. The SMILES string of the molecule is COc1ccc2c(O[C@@H]3C[C@H]4C(=O)C[C@]5(P(=O)(O)Cc6ccccc6)C[C@H]5/C=C\CCCCC[C@H](Cc5ccc(C)cc5)C(=O)N4C3)cc(-c3csc(NC(C)C)n3)nc2c1. The van der Waals surface area contributed by atoms with E-state index in [0.717, 1.165) is 52.9 Å². The van der Waals surface area contributed by atoms with Gasteiger partial charge in [0.15, 0.2) is 10.9 Å². The largest absolute Gasteiger partial charge is 0.497 e. The number of benzene rings is 3. The Morgan fingerprint density at radius 1 is 0.984 bits per heavy atom. The topological polar surface area (TPSA) is 131 Å². The maximum atomic E-state index is 15.1. The quantitative estimate of drug-likeness (QED) is 0.0984. The average Bonchev–Trinajstić information content (AvgIpc) is 3.51. The number of aryl methyl sites for hydroxylation is 1. The maximum Gasteiger partial charge on any atom is 0.226 e. The van der Waals surface area contributed by atoms with E-state index in [9.17, 15) is 14.3 Å². The van der Waals surface area contributed by atoms with Crippen LogP contribution in [0.15, 0.2) is 96.4 Å². The lowest BCUT2D eigenvalue weighted by Crippen LogP contribution is -2.45. The van der Waals surface area contributed by atoms with Crippen LogP contribution in [-0.4, -0.2) is 68.4 Å². The van der Waals surface area contributed by atoms with Crippen molar-refractivity contribution < 1.29 is 28.5 Å². The number of amides is 1. The highest BCUT2D eigenvalue weighted by Gasteiger charge is 2.65. The van der Waals surface area contributed by atoms with Gasteiger partial charge in [-0.05, 0) is 82.1 Å². The van der Waals surface area contributed by atoms with Crippen LogP contribution in [0.3, 0.4) is 0 Å². The molecular weight excluding hydrogens is 804 g/mol. The highest BCUT2D eigenvalue weighted by Crippen LogP contribution is 2.74. The fourth-order valence-electron chi connectivity index (χ4n) is 9.20. The van der Waals surface area contributed by atoms with Gasteiger partial charge in [0.1, 0.15) is 23.3 Å². The van der Waals surface area contributed by atoms with Crippen molar-refractivity contribution in [2.24, 2.45) is 11.8 Å². The third-order valence-electron chi connectivity index (χ3n) is 12.6. The number of hydrogen-bond donors (Lipinski definition) is 2. The van der Waals surface area contributed by atoms with E-state index >= 15 is 4.79 Å². The zero-order valence-corrected chi connectivity index (χ0v) is 37.3. The van der Waals surface area contributed by atoms with E-state index in [1.165, 1.54) is 11.3 Å². The molecule has 0 radical (unpaired) electrons. The van der Waals surface area contributed by atoms with Crippen LogP contribution in [0.2, 0.25) is 0 Å². The minimum absolute atomic E-state index is 0.000615. The number of methoxy groups -OCH3 is 1. The molecule has 1 aliphatic carbocycles. The van der Waals surface area contributed by atoms with Crippen molar-refractivity contribution in [2.45, 2.75) is 108 Å². The third-order valence-corrected chi connectivity index (χ3v) is 16.3. The predicted molar refractivity (Wildman–Crippen MR) is 244 cm³/mol. The van der Waals surface area contributed by atoms with Crippen LogP contribution in [0, 0.1) is 18.8 Å². The minimum Gasteiger partial charge on any atom is -0.497 e. The van der Waals surface area contributed by atoms with Gasteiger partial charge in [0.05, 0.1) is 42.2 Å². The molecule has 0 spiro atoms. The Labute approximate surface area is 363 Å². The summed E-state index contributed by atoms with van der Waals surface area (Å²) in [6.45, 7) is 6.40. The van der Waals surface area contributed by atoms with Gasteiger partial charge in [-0.3, -0.25) is 14.2 Å². The van der Waals surface area contributed by atoms with E-state index in [0.29, 0.717) is 47.7 Å². The summed E-state index contributed by atoms with van der Waals surface area (Å²) >= 11 is 1.51. The number of anilines is 1. The van der Waals surface area contributed by atoms with Crippen LogP contribution in [0.5, 0.6) is 11.5 Å². The lowest BCUT2D eigenvalue weighted by molar-refractivity contribution is -0.141. The second kappa shape index (κ2) is 18.3. The van der Waals surface area contributed by atoms with Crippen molar-refractivity contribution in [2.75, 3.05) is 19.0 Å². The molecule has 1 saturated carbocycles. The van der Waals surface area contributed by atoms with Crippen LogP contribution < -0.4 is 14.8 Å². The van der Waals surface area contributed by atoms with Gasteiger partial charge >= 0.3 is 0 Å². The van der Waals surface area contributed by atoms with E-state index in [2.05, 4.69) is 62.5 Å². The number of allylic oxidation sites excluding steroid dienone is 2. The van der Waals surface area contributed by atoms with Crippen LogP contribution in [0.1, 0.15) is 81.9 Å². The second-order valence-electron chi connectivity index (χ2n) is 17.6. The van der Waals surface area contributed by atoms with Crippen molar-refractivity contribution in [3.05, 3.63) is 113 Å². The molecule has 0 bridgehead atoms. The summed E-state index contributed by atoms with van der Waals surface area (Å²) < 4.78 is 27.1. The molecule has 2 aromatic heterocycles. The zero-order chi connectivity index (χ0) is 42.7. The molecule has 6 atom stereocenters. The second-order valence-corrected chi connectivity index (χ2v) is 21.0. The molecule has 5 aromatic rings. The Kier molecular flexibility index (Phi) is 12.8. The molecule has 1 saturated heterocycles. The Morgan fingerprint density at radius 3 is 2.56 bits per heavy atom. The molecule has 2 N–H and O–H groups in total. The number of ether oxygens (including phenoxy) is 2. The smallest absolute Gasteiger partial charge is 0.226 e. The first-order valence-corrected chi connectivity index (χ1v) is 24.4. The molecule has 320 valence electrons. The standard InChI is InChI=1S/C49H57N4O6PS/c1-32(2)50-48-52-43(31-61-48)42-26-46(40-22-21-38(58-4)24-41(40)51-42)59-39-25-44-45(54)28-49(60(56,57)30-35-13-9-8-10-14-35)27-37(49)16-12-7-5-6-11-15-36(47(55)53(44)29-39)23-34-19-17-33(3)18-20-34/h8-10,12-14,16-22,24,26,31-32,36-37,39,44H,5-7,11,15,23,25,27-30H2,1-4H3,(H,50,52)(H,56,57)/b16-12-/t36-,37-,39-,44+,49-/m1/s1. The van der Waals surface area contributed by atoms with Gasteiger partial charge in [-0.1, -0.05) is 85.2 Å². The summed E-state index contributed by atoms with van der Waals surface area (Å²) in [4.78, 5) is 53.5. The number of carbonyl (C=O) groups is 2. The summed E-state index contributed by atoms with van der Waals surface area (Å²) in [6.07, 6.45) is 9.29. The molecule has 3 aromatic carbocycles. The summed E-state index contributed by atoms with van der Waals surface area (Å²) in [7, 11) is -2.27. The van der Waals surface area contributed by atoms with E-state index in [4.69, 9.17) is 19.4 Å². The number of carbonyl (C=O) groups excluding carboxylic acids is 2. The van der Waals surface area contributed by atoms with Crippen LogP contribution in [0.4, 0.5) is 5.13 Å². The van der Waals surface area contributed by atoms with Gasteiger partial charge in [-0.2, -0.15) is 0 Å². The van der Waals surface area contributed by atoms with Crippen molar-refractivity contribution in [3.8, 4) is 22.9 Å². The first-order chi connectivity index (χ1) is 29.4. The lowest BCUT2D eigenvalue weighted by atomic mass is 9.91. The highest BCUT2D eigenvalue weighted by atomic mass is 32.1. The van der Waals surface area contributed by atoms with Crippen LogP contribution >= 0.6 is 18.7 Å². The zero-order valence-electron chi connectivity index (χ0n) is 35.6. The predicted octanol–water partition coefficient (Wildman–Crippen LogP) is 10.4. The molecule has 2 fully saturated rings. The molecule has 4 heterocycles. The van der Waals surface area contributed by atoms with Crippen molar-refractivity contribution in [3.63, 3.8) is 0 Å². The molecule has 2 aliphatic heterocycles. The highest BCUT2D eigenvalue weighted by molar-refractivity contribution is 7.59. The van der Waals surface area contributed by atoms with Gasteiger partial charge in [0.2, 0.25) is 13.3 Å². The number of ketones is 1. The van der Waals surface area contributed by atoms with Crippen molar-refractivity contribution in [1.82, 2.24) is 14.9 Å². The Bertz CT molecular complexity index is 2440. The van der Waals surface area contributed by atoms with E-state index < -0.39 is 24.7 Å². The van der Waals surface area contributed by atoms with Gasteiger partial charge in [-0.15, -0.1) is 11.3 Å². The average molecular weight is 861 g/mol. The number of pyridine rings is 1. The number of fused-ring (bicyclic) bond motifs is 3. The first kappa shape index (κ1) is 42.8. The summed E-state index contributed by atoms with van der Waals surface area (Å²) in [5, 5.41) is 5.81. The van der Waals surface area contributed by atoms with E-state index in [1.54, 1.807) is 12.0 Å². The molecule has 10 nitrogen and oxygen atoms in total. The number of nitrogens with zero attached hydrogens (tertiary/aromatic N) is 3. The van der Waals surface area contributed by atoms with Crippen LogP contribution in [-0.2, 0) is 26.7 Å². The Balaban J connectivity index is 1.15. The Morgan fingerprint density at radius 2 is 1.79 bits per heavy atom. The van der Waals surface area contributed by atoms with Gasteiger partial charge in [-0.25, -0.2) is 9.97 Å². The number of hydrogen-bond acceptors (Lipinski definition) is 9. The van der Waals surface area contributed by atoms with Gasteiger partial charge in [0.25, 0.3) is 0 Å². The van der Waals surface area contributed by atoms with Gasteiger partial charge in [0, 0.05) is 47.7 Å². The van der Waals surface area contributed by atoms with Crippen molar-refractivity contribution in [1.29, 1.82) is 0 Å². The number of aromatic nitrogens is 2. The van der Waals surface area contributed by atoms with Gasteiger partial charge < -0.3 is 24.6 Å². The molecule has 1 unspecified atom stereocenters. The summed E-state index contributed by atoms with van der Waals surface area (Å²) in [5.41, 5.74) is 5.02. The molecular formula is C49H57N4O6PS. The first-order valence-electron chi connectivity index (χ1n) is 21.7. The van der Waals surface area contributed by atoms with E-state index in [1.807, 2.05) is 60.0 Å². The molecule has 61 heavy (non-hydrogen) atoms. The third kappa shape index (κ3) is 9.64. The Hall–Kier alpha value is -4.83. The molecule has 12 heteroatoms. The fraction of sp³-hybridized carbons (Fsp3) is 0.429. The monoisotopic (exact) mass is 860 g/mol. The number of thiazole rings is 1. The molecule has 3 aliphatic rings. The summed E-state index contributed by atoms with van der Waals surface area (Å²) in [6, 6.07) is 24.7. The minimum atomic E-state index is -3.89.